The minimum Gasteiger partial charge on any atom is -0.355 e. The Morgan fingerprint density at radius 2 is 1.52 bits per heavy atom. The van der Waals surface area contributed by atoms with E-state index in [0.29, 0.717) is 23.6 Å². The highest BCUT2D eigenvalue weighted by atomic mass is 16.2. The van der Waals surface area contributed by atoms with Crippen LogP contribution < -0.4 is 16.4 Å². The van der Waals surface area contributed by atoms with Crippen molar-refractivity contribution in [3.8, 4) is 0 Å². The number of carbonyl (C=O) groups excluding carboxylic acids is 2. The second kappa shape index (κ2) is 8.44. The van der Waals surface area contributed by atoms with E-state index >= 15 is 0 Å². The van der Waals surface area contributed by atoms with E-state index in [0.717, 1.165) is 5.56 Å². The molecular formula is C20H25N3O2. The molecule has 5 heteroatoms. The van der Waals surface area contributed by atoms with Crippen molar-refractivity contribution in [1.29, 1.82) is 0 Å². The van der Waals surface area contributed by atoms with Crippen LogP contribution in [-0.4, -0.2) is 25.4 Å². The number of hydrogen-bond acceptors (Lipinski definition) is 3. The first-order chi connectivity index (χ1) is 11.9. The first-order valence-electron chi connectivity index (χ1n) is 8.38. The molecule has 2 aromatic carbocycles. The quantitative estimate of drug-likeness (QED) is 0.756. The number of nitrogens with two attached hydrogens (primary N) is 1. The molecule has 0 heterocycles. The van der Waals surface area contributed by atoms with Crippen LogP contribution in [-0.2, 0) is 0 Å². The fourth-order valence-electron chi connectivity index (χ4n) is 2.50. The van der Waals surface area contributed by atoms with Crippen molar-refractivity contribution in [2.45, 2.75) is 25.8 Å². The number of rotatable bonds is 6. The van der Waals surface area contributed by atoms with Gasteiger partial charge in [0.05, 0.1) is 0 Å². The summed E-state index contributed by atoms with van der Waals surface area (Å²) in [6.45, 7) is 4.61. The minimum absolute atomic E-state index is 0.225. The number of amides is 2. The summed E-state index contributed by atoms with van der Waals surface area (Å²) in [6, 6.07) is 14.4. The molecule has 2 aromatic rings. The van der Waals surface area contributed by atoms with Crippen LogP contribution in [0.5, 0.6) is 0 Å². The summed E-state index contributed by atoms with van der Waals surface area (Å²) in [5.41, 5.74) is 9.28. The third-order valence-corrected chi connectivity index (χ3v) is 4.13. The van der Waals surface area contributed by atoms with Gasteiger partial charge >= 0.3 is 0 Å². The van der Waals surface area contributed by atoms with Crippen LogP contribution in [0.2, 0.25) is 0 Å². The van der Waals surface area contributed by atoms with E-state index in [9.17, 15) is 9.59 Å². The molecule has 0 saturated carbocycles. The highest BCUT2D eigenvalue weighted by Crippen LogP contribution is 2.17. The molecule has 0 fully saturated rings. The number of hydrogen-bond donors (Lipinski definition) is 3. The summed E-state index contributed by atoms with van der Waals surface area (Å²) in [6.07, 6.45) is 0. The van der Waals surface area contributed by atoms with Gasteiger partial charge in [0.1, 0.15) is 0 Å². The van der Waals surface area contributed by atoms with Gasteiger partial charge in [0, 0.05) is 30.8 Å². The Hall–Kier alpha value is -2.66. The lowest BCUT2D eigenvalue weighted by Gasteiger charge is -2.15. The van der Waals surface area contributed by atoms with Crippen molar-refractivity contribution in [3.05, 3.63) is 70.8 Å². The van der Waals surface area contributed by atoms with Gasteiger partial charge in [-0.15, -0.1) is 0 Å². The van der Waals surface area contributed by atoms with Crippen molar-refractivity contribution in [2.24, 2.45) is 5.73 Å². The molecule has 1 unspecified atom stereocenters. The lowest BCUT2D eigenvalue weighted by molar-refractivity contribution is 0.0951. The average Bonchev–Trinajstić information content (AvgIpc) is 2.65. The van der Waals surface area contributed by atoms with E-state index in [-0.39, 0.29) is 17.9 Å². The molecule has 0 radical (unpaired) electrons. The van der Waals surface area contributed by atoms with Crippen LogP contribution in [0.15, 0.2) is 48.5 Å². The van der Waals surface area contributed by atoms with E-state index in [2.05, 4.69) is 36.6 Å². The maximum Gasteiger partial charge on any atom is 0.251 e. The van der Waals surface area contributed by atoms with Crippen LogP contribution in [0.1, 0.15) is 57.7 Å². The number of nitrogens with one attached hydrogen (secondary N) is 2. The third-order valence-electron chi connectivity index (χ3n) is 4.13. The molecule has 132 valence electrons. The summed E-state index contributed by atoms with van der Waals surface area (Å²) in [4.78, 5) is 23.9. The van der Waals surface area contributed by atoms with Crippen molar-refractivity contribution >= 4 is 11.8 Å². The maximum absolute atomic E-state index is 12.3. The predicted octanol–water partition coefficient (Wildman–Crippen LogP) is 2.60. The Balaban J connectivity index is 1.98. The zero-order valence-corrected chi connectivity index (χ0v) is 14.9. The van der Waals surface area contributed by atoms with E-state index in [1.54, 1.807) is 31.3 Å². The Labute approximate surface area is 148 Å². The van der Waals surface area contributed by atoms with Crippen molar-refractivity contribution in [1.82, 2.24) is 10.6 Å². The molecule has 0 aromatic heterocycles. The van der Waals surface area contributed by atoms with Gasteiger partial charge < -0.3 is 16.4 Å². The molecule has 4 N–H and O–H groups in total. The predicted molar refractivity (Wildman–Crippen MR) is 99.6 cm³/mol. The lowest BCUT2D eigenvalue weighted by atomic mass is 9.99. The molecule has 0 aliphatic heterocycles. The SMILES string of the molecule is CNC(=O)c1cccc(C(=O)NCC(N)c2ccc(C(C)C)cc2)c1. The smallest absolute Gasteiger partial charge is 0.251 e. The fourth-order valence-corrected chi connectivity index (χ4v) is 2.50. The van der Waals surface area contributed by atoms with Gasteiger partial charge in [0.15, 0.2) is 0 Å². The van der Waals surface area contributed by atoms with E-state index in [1.165, 1.54) is 5.56 Å². The molecule has 25 heavy (non-hydrogen) atoms. The monoisotopic (exact) mass is 339 g/mol. The third kappa shape index (κ3) is 4.90. The Morgan fingerprint density at radius 1 is 0.960 bits per heavy atom. The highest BCUT2D eigenvalue weighted by Gasteiger charge is 2.12. The van der Waals surface area contributed by atoms with Crippen molar-refractivity contribution < 1.29 is 9.59 Å². The van der Waals surface area contributed by atoms with E-state index < -0.39 is 0 Å². The largest absolute Gasteiger partial charge is 0.355 e. The first kappa shape index (κ1) is 18.7. The van der Waals surface area contributed by atoms with Gasteiger partial charge in [-0.25, -0.2) is 0 Å². The molecule has 2 amide bonds. The van der Waals surface area contributed by atoms with E-state index in [1.807, 2.05) is 12.1 Å². The maximum atomic E-state index is 12.3. The minimum atomic E-state index is -0.285. The van der Waals surface area contributed by atoms with Gasteiger partial charge in [-0.1, -0.05) is 44.2 Å². The second-order valence-electron chi connectivity index (χ2n) is 6.30. The van der Waals surface area contributed by atoms with Crippen LogP contribution in [0, 0.1) is 0 Å². The molecule has 2 rings (SSSR count). The number of carbonyl (C=O) groups is 2. The van der Waals surface area contributed by atoms with Crippen LogP contribution in [0.4, 0.5) is 0 Å². The molecule has 0 aliphatic rings. The summed E-state index contributed by atoms with van der Waals surface area (Å²) >= 11 is 0. The van der Waals surface area contributed by atoms with Gasteiger partial charge in [-0.2, -0.15) is 0 Å². The van der Waals surface area contributed by atoms with Gasteiger partial charge in [-0.05, 0) is 35.2 Å². The summed E-state index contributed by atoms with van der Waals surface area (Å²) in [7, 11) is 1.55. The molecule has 5 nitrogen and oxygen atoms in total. The molecular weight excluding hydrogens is 314 g/mol. The lowest BCUT2D eigenvalue weighted by Crippen LogP contribution is -2.32. The summed E-state index contributed by atoms with van der Waals surface area (Å²) in [5.74, 6) is -0.00540. The molecule has 0 spiro atoms. The van der Waals surface area contributed by atoms with Gasteiger partial charge in [0.25, 0.3) is 11.8 Å². The topological polar surface area (TPSA) is 84.2 Å². The van der Waals surface area contributed by atoms with E-state index in [4.69, 9.17) is 5.73 Å². The molecule has 0 aliphatic carbocycles. The van der Waals surface area contributed by atoms with Gasteiger partial charge in [-0.3, -0.25) is 9.59 Å². The Morgan fingerprint density at radius 3 is 2.08 bits per heavy atom. The standard InChI is InChI=1S/C20H25N3O2/c1-13(2)14-7-9-15(10-8-14)18(21)12-23-20(25)17-6-4-5-16(11-17)19(24)22-3/h4-11,13,18H,12,21H2,1-3H3,(H,22,24)(H,23,25). The number of benzene rings is 2. The fraction of sp³-hybridized carbons (Fsp3) is 0.300. The zero-order chi connectivity index (χ0) is 18.4. The second-order valence-corrected chi connectivity index (χ2v) is 6.30. The summed E-state index contributed by atoms with van der Waals surface area (Å²) in [5, 5.41) is 5.36. The van der Waals surface area contributed by atoms with Crippen LogP contribution in [0.3, 0.4) is 0 Å². The Bertz CT molecular complexity index is 739. The average molecular weight is 339 g/mol. The van der Waals surface area contributed by atoms with Crippen molar-refractivity contribution in [3.63, 3.8) is 0 Å². The molecule has 0 saturated heterocycles. The normalized spacial score (nSPS) is 11.9. The molecule has 1 atom stereocenters. The molecule has 0 bridgehead atoms. The van der Waals surface area contributed by atoms with Gasteiger partial charge in [0.2, 0.25) is 0 Å². The first-order valence-corrected chi connectivity index (χ1v) is 8.38. The zero-order valence-electron chi connectivity index (χ0n) is 14.9. The van der Waals surface area contributed by atoms with Crippen LogP contribution in [0.25, 0.3) is 0 Å². The highest BCUT2D eigenvalue weighted by molar-refractivity contribution is 5.99. The Kier molecular flexibility index (Phi) is 6.31. The summed E-state index contributed by atoms with van der Waals surface area (Å²) < 4.78 is 0. The van der Waals surface area contributed by atoms with Crippen LogP contribution >= 0.6 is 0 Å². The van der Waals surface area contributed by atoms with Crippen molar-refractivity contribution in [2.75, 3.05) is 13.6 Å².